The van der Waals surface area contributed by atoms with Crippen LogP contribution in [-0.4, -0.2) is 13.2 Å². The number of benzene rings is 1. The highest BCUT2D eigenvalue weighted by Crippen LogP contribution is 2.48. The summed E-state index contributed by atoms with van der Waals surface area (Å²) in [7, 11) is 1.72. The van der Waals surface area contributed by atoms with E-state index in [0.717, 1.165) is 0 Å². The average molecular weight is 172 g/mol. The molecule has 1 aliphatic carbocycles. The molecule has 0 unspecified atom stereocenters. The van der Waals surface area contributed by atoms with Crippen molar-refractivity contribution in [2.24, 2.45) is 5.92 Å². The molecule has 1 fully saturated rings. The molecule has 0 bridgehead atoms. The molecule has 0 aromatic heterocycles. The molecule has 1 nitrogen and oxygen atoms in total. The lowest BCUT2D eigenvalue weighted by molar-refractivity contribution is 0.172. The zero-order valence-electron chi connectivity index (χ0n) is 7.60. The third-order valence-electron chi connectivity index (χ3n) is 2.60. The second-order valence-electron chi connectivity index (χ2n) is 3.33. The monoisotopic (exact) mass is 172 g/mol. The Morgan fingerprint density at radius 2 is 2.00 bits per heavy atom. The predicted molar refractivity (Wildman–Crippen MR) is 52.3 cm³/mol. The minimum atomic E-state index is 0.229. The van der Waals surface area contributed by atoms with Crippen LogP contribution in [0.4, 0.5) is 0 Å². The molecular formula is C12H12O. The lowest BCUT2D eigenvalue weighted by atomic mass is 10.1. The standard InChI is InChI=1S/C12H12O/c1-3-10-11(12(10)13-2)9-7-5-4-6-8-9/h1,4-8,10-12H,2H3/t10-,11+,12+/m1/s1. The van der Waals surface area contributed by atoms with E-state index < -0.39 is 0 Å². The topological polar surface area (TPSA) is 9.23 Å². The van der Waals surface area contributed by atoms with Gasteiger partial charge in [-0.1, -0.05) is 36.3 Å². The van der Waals surface area contributed by atoms with Gasteiger partial charge in [-0.25, -0.2) is 0 Å². The van der Waals surface area contributed by atoms with Gasteiger partial charge in [-0.15, -0.1) is 6.42 Å². The molecular weight excluding hydrogens is 160 g/mol. The van der Waals surface area contributed by atoms with Crippen LogP contribution in [0.1, 0.15) is 11.5 Å². The molecule has 1 saturated carbocycles. The third-order valence-corrected chi connectivity index (χ3v) is 2.60. The highest BCUT2D eigenvalue weighted by Gasteiger charge is 2.50. The maximum atomic E-state index is 5.40. The van der Waals surface area contributed by atoms with Gasteiger partial charge in [0.25, 0.3) is 0 Å². The molecule has 0 saturated heterocycles. The van der Waals surface area contributed by atoms with Gasteiger partial charge in [0.15, 0.2) is 0 Å². The first kappa shape index (κ1) is 8.34. The number of terminal acetylenes is 1. The smallest absolute Gasteiger partial charge is 0.0796 e. The Morgan fingerprint density at radius 3 is 2.46 bits per heavy atom. The molecule has 3 atom stereocenters. The molecule has 13 heavy (non-hydrogen) atoms. The predicted octanol–water partition coefficient (Wildman–Crippen LogP) is 2.05. The lowest BCUT2D eigenvalue weighted by Crippen LogP contribution is -1.90. The average Bonchev–Trinajstić information content (AvgIpc) is 2.92. The fourth-order valence-corrected chi connectivity index (χ4v) is 1.85. The van der Waals surface area contributed by atoms with Gasteiger partial charge in [0, 0.05) is 13.0 Å². The van der Waals surface area contributed by atoms with Crippen LogP contribution in [0, 0.1) is 18.3 Å². The van der Waals surface area contributed by atoms with Gasteiger partial charge >= 0.3 is 0 Å². The fraction of sp³-hybridized carbons (Fsp3) is 0.333. The van der Waals surface area contributed by atoms with Crippen LogP contribution in [0.25, 0.3) is 0 Å². The second-order valence-corrected chi connectivity index (χ2v) is 3.33. The summed E-state index contributed by atoms with van der Waals surface area (Å²) in [5.74, 6) is 3.45. The molecule has 0 aliphatic heterocycles. The van der Waals surface area contributed by atoms with Gasteiger partial charge in [0.05, 0.1) is 12.0 Å². The normalized spacial score (nSPS) is 30.9. The van der Waals surface area contributed by atoms with Crippen LogP contribution < -0.4 is 0 Å². The summed E-state index contributed by atoms with van der Waals surface area (Å²) in [5, 5.41) is 0. The molecule has 0 spiro atoms. The van der Waals surface area contributed by atoms with Crippen molar-refractivity contribution in [2.75, 3.05) is 7.11 Å². The Hall–Kier alpha value is -1.26. The van der Waals surface area contributed by atoms with E-state index in [9.17, 15) is 0 Å². The molecule has 0 amide bonds. The minimum Gasteiger partial charge on any atom is -0.379 e. The van der Waals surface area contributed by atoms with Crippen molar-refractivity contribution in [3.05, 3.63) is 35.9 Å². The molecule has 1 aromatic rings. The summed E-state index contributed by atoms with van der Waals surface area (Å²) in [6.07, 6.45) is 5.63. The van der Waals surface area contributed by atoms with Crippen molar-refractivity contribution < 1.29 is 4.74 Å². The van der Waals surface area contributed by atoms with E-state index in [1.807, 2.05) is 18.2 Å². The van der Waals surface area contributed by atoms with Gasteiger partial charge in [0.2, 0.25) is 0 Å². The highest BCUT2D eigenvalue weighted by molar-refractivity contribution is 5.34. The van der Waals surface area contributed by atoms with Crippen LogP contribution >= 0.6 is 0 Å². The maximum Gasteiger partial charge on any atom is 0.0796 e. The summed E-state index contributed by atoms with van der Waals surface area (Å²) in [4.78, 5) is 0. The fourth-order valence-electron chi connectivity index (χ4n) is 1.85. The van der Waals surface area contributed by atoms with Crippen LogP contribution in [0.5, 0.6) is 0 Å². The van der Waals surface area contributed by atoms with Gasteiger partial charge in [0.1, 0.15) is 0 Å². The van der Waals surface area contributed by atoms with Crippen molar-refractivity contribution in [1.29, 1.82) is 0 Å². The van der Waals surface area contributed by atoms with Crippen molar-refractivity contribution >= 4 is 0 Å². The highest BCUT2D eigenvalue weighted by atomic mass is 16.5. The van der Waals surface area contributed by atoms with Gasteiger partial charge in [-0.05, 0) is 5.56 Å². The van der Waals surface area contributed by atoms with Crippen molar-refractivity contribution in [3.63, 3.8) is 0 Å². The number of hydrogen-bond donors (Lipinski definition) is 0. The van der Waals surface area contributed by atoms with E-state index in [1.165, 1.54) is 5.56 Å². The SMILES string of the molecule is C#C[C@H]1[C@H](OC)[C@H]1c1ccccc1. The van der Waals surface area contributed by atoms with Crippen molar-refractivity contribution in [1.82, 2.24) is 0 Å². The Labute approximate surface area is 78.7 Å². The van der Waals surface area contributed by atoms with E-state index in [0.29, 0.717) is 5.92 Å². The van der Waals surface area contributed by atoms with Crippen molar-refractivity contribution in [2.45, 2.75) is 12.0 Å². The zero-order valence-corrected chi connectivity index (χ0v) is 7.60. The first-order chi connectivity index (χ1) is 6.38. The first-order valence-corrected chi connectivity index (χ1v) is 4.42. The zero-order chi connectivity index (χ0) is 9.26. The van der Waals surface area contributed by atoms with Gasteiger partial charge < -0.3 is 4.74 Å². The quantitative estimate of drug-likeness (QED) is 0.620. The van der Waals surface area contributed by atoms with Gasteiger partial charge in [-0.3, -0.25) is 0 Å². The van der Waals surface area contributed by atoms with E-state index in [4.69, 9.17) is 11.2 Å². The largest absolute Gasteiger partial charge is 0.379 e. The van der Waals surface area contributed by atoms with E-state index in [1.54, 1.807) is 7.11 Å². The second kappa shape index (κ2) is 3.24. The minimum absolute atomic E-state index is 0.229. The Kier molecular flexibility index (Phi) is 2.08. The maximum absolute atomic E-state index is 5.40. The number of ether oxygens (including phenoxy) is 1. The summed E-state index contributed by atoms with van der Waals surface area (Å²) in [5.41, 5.74) is 1.29. The molecule has 1 heteroatoms. The summed E-state index contributed by atoms with van der Waals surface area (Å²) in [6, 6.07) is 10.3. The molecule has 0 heterocycles. The molecule has 0 radical (unpaired) electrons. The lowest BCUT2D eigenvalue weighted by Gasteiger charge is -1.96. The number of rotatable bonds is 2. The molecule has 0 N–H and O–H groups in total. The Morgan fingerprint density at radius 1 is 1.31 bits per heavy atom. The Balaban J connectivity index is 2.18. The number of hydrogen-bond acceptors (Lipinski definition) is 1. The van der Waals surface area contributed by atoms with Crippen LogP contribution in [0.3, 0.4) is 0 Å². The van der Waals surface area contributed by atoms with Crippen molar-refractivity contribution in [3.8, 4) is 12.3 Å². The molecule has 1 aliphatic rings. The first-order valence-electron chi connectivity index (χ1n) is 4.42. The van der Waals surface area contributed by atoms with Gasteiger partial charge in [-0.2, -0.15) is 0 Å². The molecule has 1 aromatic carbocycles. The molecule has 66 valence electrons. The Bertz CT molecular complexity index is 323. The van der Waals surface area contributed by atoms with Crippen LogP contribution in [-0.2, 0) is 4.74 Å². The summed E-state index contributed by atoms with van der Waals surface area (Å²) < 4.78 is 5.29. The van der Waals surface area contributed by atoms with E-state index in [2.05, 4.69) is 18.1 Å². The third kappa shape index (κ3) is 1.34. The van der Waals surface area contributed by atoms with Crippen LogP contribution in [0.2, 0.25) is 0 Å². The van der Waals surface area contributed by atoms with Crippen LogP contribution in [0.15, 0.2) is 30.3 Å². The number of methoxy groups -OCH3 is 1. The summed E-state index contributed by atoms with van der Waals surface area (Å²) in [6.45, 7) is 0. The molecule has 2 rings (SSSR count). The summed E-state index contributed by atoms with van der Waals surface area (Å²) >= 11 is 0. The van der Waals surface area contributed by atoms with E-state index in [-0.39, 0.29) is 12.0 Å². The van der Waals surface area contributed by atoms with E-state index >= 15 is 0 Å².